The molecular formula is C28H40O5. The van der Waals surface area contributed by atoms with Gasteiger partial charge in [-0.1, -0.05) is 47.1 Å². The van der Waals surface area contributed by atoms with Crippen molar-refractivity contribution in [1.82, 2.24) is 0 Å². The van der Waals surface area contributed by atoms with Gasteiger partial charge in [0.15, 0.2) is 11.5 Å². The van der Waals surface area contributed by atoms with Crippen LogP contribution >= 0.6 is 0 Å². The Kier molecular flexibility index (Phi) is 4.52. The van der Waals surface area contributed by atoms with Gasteiger partial charge in [-0.05, 0) is 73.8 Å². The highest BCUT2D eigenvalue weighted by molar-refractivity contribution is 6.01. The van der Waals surface area contributed by atoms with E-state index in [1.54, 1.807) is 12.2 Å². The molecule has 0 amide bonds. The summed E-state index contributed by atoms with van der Waals surface area (Å²) in [5, 5.41) is 34.4. The summed E-state index contributed by atoms with van der Waals surface area (Å²) in [7, 11) is 0. The van der Waals surface area contributed by atoms with Crippen LogP contribution in [-0.4, -0.2) is 38.1 Å². The molecule has 0 saturated heterocycles. The summed E-state index contributed by atoms with van der Waals surface area (Å²) in [6.45, 7) is 12.3. The molecule has 0 aromatic carbocycles. The number of Topliss-reactive ketones (excluding diaryl/α,β-unsaturated/α-hetero) is 1. The van der Waals surface area contributed by atoms with Gasteiger partial charge in [-0.2, -0.15) is 0 Å². The van der Waals surface area contributed by atoms with Crippen LogP contribution in [0.2, 0.25) is 0 Å². The molecule has 0 bridgehead atoms. The smallest absolute Gasteiger partial charge is 0.202 e. The van der Waals surface area contributed by atoms with Crippen LogP contribution in [0.5, 0.6) is 0 Å². The number of aliphatic hydroxyl groups is 3. The van der Waals surface area contributed by atoms with E-state index >= 15 is 0 Å². The number of aliphatic hydroxyl groups excluding tert-OH is 1. The fourth-order valence-electron chi connectivity index (χ4n) is 9.18. The van der Waals surface area contributed by atoms with Crippen molar-refractivity contribution in [2.24, 2.45) is 39.4 Å². The van der Waals surface area contributed by atoms with E-state index in [-0.39, 0.29) is 34.6 Å². The zero-order valence-corrected chi connectivity index (χ0v) is 21.0. The molecule has 3 fully saturated rings. The summed E-state index contributed by atoms with van der Waals surface area (Å²) in [6, 6.07) is 0. The zero-order chi connectivity index (χ0) is 24.4. The van der Waals surface area contributed by atoms with Crippen molar-refractivity contribution < 1.29 is 24.9 Å². The molecule has 5 nitrogen and oxygen atoms in total. The van der Waals surface area contributed by atoms with Crippen LogP contribution in [0.4, 0.5) is 0 Å². The first kappa shape index (κ1) is 23.3. The molecule has 0 radical (unpaired) electrons. The first-order valence-electron chi connectivity index (χ1n) is 12.7. The molecule has 33 heavy (non-hydrogen) atoms. The van der Waals surface area contributed by atoms with Crippen molar-refractivity contribution in [2.75, 3.05) is 0 Å². The van der Waals surface area contributed by atoms with Gasteiger partial charge in [-0.3, -0.25) is 9.59 Å². The minimum atomic E-state index is -1.59. The maximum Gasteiger partial charge on any atom is 0.202 e. The second kappa shape index (κ2) is 6.40. The van der Waals surface area contributed by atoms with Gasteiger partial charge >= 0.3 is 0 Å². The second-order valence-electron chi connectivity index (χ2n) is 13.7. The zero-order valence-electron chi connectivity index (χ0n) is 21.0. The number of rotatable bonds is 0. The number of allylic oxidation sites excluding steroid dienone is 3. The molecule has 5 heteroatoms. The molecule has 0 aromatic heterocycles. The van der Waals surface area contributed by atoms with E-state index in [1.165, 1.54) is 0 Å². The van der Waals surface area contributed by atoms with Crippen LogP contribution in [0, 0.1) is 39.4 Å². The van der Waals surface area contributed by atoms with Crippen molar-refractivity contribution >= 4 is 11.6 Å². The van der Waals surface area contributed by atoms with E-state index in [9.17, 15) is 24.9 Å². The number of fused-ring (bicyclic) bond motifs is 7. The van der Waals surface area contributed by atoms with Crippen LogP contribution in [0.15, 0.2) is 23.5 Å². The monoisotopic (exact) mass is 456 g/mol. The van der Waals surface area contributed by atoms with E-state index < -0.39 is 33.4 Å². The first-order chi connectivity index (χ1) is 15.0. The highest BCUT2D eigenvalue weighted by Gasteiger charge is 2.70. The molecule has 5 aliphatic carbocycles. The molecule has 0 heterocycles. The summed E-state index contributed by atoms with van der Waals surface area (Å²) in [4.78, 5) is 26.7. The van der Waals surface area contributed by atoms with Crippen LogP contribution in [0.3, 0.4) is 0 Å². The Bertz CT molecular complexity index is 1000. The fourth-order valence-corrected chi connectivity index (χ4v) is 9.18. The quantitative estimate of drug-likeness (QED) is 0.492. The molecule has 5 aliphatic rings. The lowest BCUT2D eigenvalue weighted by Gasteiger charge is -2.66. The standard InChI is InChI=1S/C28H40O5/c1-23(2)11-12-27(32)10-8-18-25(5)9-7-17-24(3,4)22(31)16(29)14-26(17,6)19(25)13-21(30)28(18,33)20(27)15-23/h13-14,17-18,20,29,32-33H,7-12,15H2,1-6H3. The SMILES string of the molecule is CC1(C)CCC2(O)CCC3C4(C)CCC5C(C)(C)C(=O)C(O)=CC5(C)C4=CC(=O)C3(O)C2C1. The van der Waals surface area contributed by atoms with Gasteiger partial charge in [0, 0.05) is 22.7 Å². The topological polar surface area (TPSA) is 94.8 Å². The lowest BCUT2D eigenvalue weighted by atomic mass is 9.38. The third-order valence-electron chi connectivity index (χ3n) is 11.0. The molecule has 3 N–H and O–H groups in total. The van der Waals surface area contributed by atoms with Crippen molar-refractivity contribution in [3.63, 3.8) is 0 Å². The van der Waals surface area contributed by atoms with Gasteiger partial charge in [0.25, 0.3) is 0 Å². The van der Waals surface area contributed by atoms with Crippen molar-refractivity contribution in [3.8, 4) is 0 Å². The first-order valence-corrected chi connectivity index (χ1v) is 12.7. The molecule has 7 unspecified atom stereocenters. The summed E-state index contributed by atoms with van der Waals surface area (Å²) in [6.07, 6.45) is 8.22. The fraction of sp³-hybridized carbons (Fsp3) is 0.786. The Morgan fingerprint density at radius 2 is 1.48 bits per heavy atom. The number of ketones is 2. The Hall–Kier alpha value is -1.46. The molecule has 5 rings (SSSR count). The third-order valence-corrected chi connectivity index (χ3v) is 11.0. The van der Waals surface area contributed by atoms with Crippen molar-refractivity contribution in [2.45, 2.75) is 97.7 Å². The van der Waals surface area contributed by atoms with Gasteiger partial charge in [-0.15, -0.1) is 0 Å². The van der Waals surface area contributed by atoms with Crippen LogP contribution in [-0.2, 0) is 9.59 Å². The third kappa shape index (κ3) is 2.73. The minimum absolute atomic E-state index is 0.0270. The molecule has 182 valence electrons. The maximum atomic E-state index is 13.9. The molecule has 7 atom stereocenters. The van der Waals surface area contributed by atoms with Crippen LogP contribution in [0.1, 0.15) is 86.5 Å². The largest absolute Gasteiger partial charge is 0.505 e. The van der Waals surface area contributed by atoms with E-state index in [4.69, 9.17) is 0 Å². The summed E-state index contributed by atoms with van der Waals surface area (Å²) in [5.41, 5.74) is -3.49. The van der Waals surface area contributed by atoms with Crippen LogP contribution < -0.4 is 0 Å². The maximum absolute atomic E-state index is 13.9. The van der Waals surface area contributed by atoms with E-state index in [1.807, 2.05) is 20.8 Å². The predicted octanol–water partition coefficient (Wildman–Crippen LogP) is 4.67. The molecule has 0 aliphatic heterocycles. The summed E-state index contributed by atoms with van der Waals surface area (Å²) in [5.74, 6) is -1.55. The summed E-state index contributed by atoms with van der Waals surface area (Å²) >= 11 is 0. The number of carbonyl (C=O) groups is 2. The summed E-state index contributed by atoms with van der Waals surface area (Å²) < 4.78 is 0. The van der Waals surface area contributed by atoms with Gasteiger partial charge in [0.1, 0.15) is 5.60 Å². The average molecular weight is 457 g/mol. The highest BCUT2D eigenvalue weighted by atomic mass is 16.3. The molecule has 0 aromatic rings. The Labute approximate surface area is 197 Å². The normalized spacial score (nSPS) is 50.2. The number of hydrogen-bond donors (Lipinski definition) is 3. The van der Waals surface area contributed by atoms with E-state index in [0.717, 1.165) is 24.8 Å². The van der Waals surface area contributed by atoms with E-state index in [2.05, 4.69) is 20.8 Å². The Balaban J connectivity index is 1.68. The van der Waals surface area contributed by atoms with Crippen molar-refractivity contribution in [1.29, 1.82) is 0 Å². The average Bonchev–Trinajstić information content (AvgIpc) is 2.69. The Morgan fingerprint density at radius 1 is 0.848 bits per heavy atom. The molecule has 0 spiro atoms. The van der Waals surface area contributed by atoms with Gasteiger partial charge in [-0.25, -0.2) is 0 Å². The van der Waals surface area contributed by atoms with Gasteiger partial charge in [0.05, 0.1) is 5.60 Å². The van der Waals surface area contributed by atoms with Crippen molar-refractivity contribution in [3.05, 3.63) is 23.5 Å². The van der Waals surface area contributed by atoms with Gasteiger partial charge < -0.3 is 15.3 Å². The predicted molar refractivity (Wildman–Crippen MR) is 125 cm³/mol. The number of hydrogen-bond acceptors (Lipinski definition) is 5. The number of carbonyl (C=O) groups excluding carboxylic acids is 2. The van der Waals surface area contributed by atoms with Crippen LogP contribution in [0.25, 0.3) is 0 Å². The lowest BCUT2D eigenvalue weighted by Crippen LogP contribution is -2.71. The highest BCUT2D eigenvalue weighted by Crippen LogP contribution is 2.70. The second-order valence-corrected chi connectivity index (χ2v) is 13.7. The minimum Gasteiger partial charge on any atom is -0.505 e. The van der Waals surface area contributed by atoms with E-state index in [0.29, 0.717) is 25.7 Å². The lowest BCUT2D eigenvalue weighted by molar-refractivity contribution is -0.231. The molecule has 3 saturated carbocycles. The molecular weight excluding hydrogens is 416 g/mol. The van der Waals surface area contributed by atoms with Gasteiger partial charge in [0.2, 0.25) is 5.78 Å². The Morgan fingerprint density at radius 3 is 2.15 bits per heavy atom.